The highest BCUT2D eigenvalue weighted by Crippen LogP contribution is 2.23. The molecule has 0 radical (unpaired) electrons. The van der Waals surface area contributed by atoms with Gasteiger partial charge in [-0.05, 0) is 24.1 Å². The first-order valence-electron chi connectivity index (χ1n) is 4.60. The SMILES string of the molecule is NC(=O)OC(=O)[C@@H](N)Cc1ccc(Cl)c(Cl)c1. The second-order valence-corrected chi connectivity index (χ2v) is 4.11. The van der Waals surface area contributed by atoms with E-state index in [9.17, 15) is 9.59 Å². The van der Waals surface area contributed by atoms with Crippen molar-refractivity contribution in [1.82, 2.24) is 0 Å². The maximum Gasteiger partial charge on any atom is 0.412 e. The average molecular weight is 277 g/mol. The first-order valence-corrected chi connectivity index (χ1v) is 5.36. The molecule has 0 saturated carbocycles. The predicted octanol–water partition coefficient (Wildman–Crippen LogP) is 1.49. The number of halogens is 2. The van der Waals surface area contributed by atoms with Gasteiger partial charge in [-0.3, -0.25) is 0 Å². The highest BCUT2D eigenvalue weighted by Gasteiger charge is 2.18. The highest BCUT2D eigenvalue weighted by atomic mass is 35.5. The molecule has 17 heavy (non-hydrogen) atoms. The van der Waals surface area contributed by atoms with E-state index in [1.807, 2.05) is 0 Å². The van der Waals surface area contributed by atoms with Crippen LogP contribution in [0.3, 0.4) is 0 Å². The molecule has 0 aliphatic carbocycles. The third kappa shape index (κ3) is 4.22. The van der Waals surface area contributed by atoms with Gasteiger partial charge in [0.2, 0.25) is 0 Å². The Bertz CT molecular complexity index is 451. The summed E-state index contributed by atoms with van der Waals surface area (Å²) in [7, 11) is 0. The third-order valence-corrected chi connectivity index (χ3v) is 2.68. The fraction of sp³-hybridized carbons (Fsp3) is 0.200. The molecule has 0 fully saturated rings. The van der Waals surface area contributed by atoms with Crippen LogP contribution < -0.4 is 11.5 Å². The molecule has 1 aromatic rings. The summed E-state index contributed by atoms with van der Waals surface area (Å²) in [5.74, 6) is -0.886. The summed E-state index contributed by atoms with van der Waals surface area (Å²) >= 11 is 11.5. The van der Waals surface area contributed by atoms with Gasteiger partial charge in [-0.2, -0.15) is 0 Å². The molecular weight excluding hydrogens is 267 g/mol. The van der Waals surface area contributed by atoms with Crippen molar-refractivity contribution in [2.45, 2.75) is 12.5 Å². The molecule has 0 saturated heterocycles. The Kier molecular flexibility index (Phi) is 4.74. The van der Waals surface area contributed by atoms with E-state index >= 15 is 0 Å². The molecule has 0 spiro atoms. The second-order valence-electron chi connectivity index (χ2n) is 3.30. The van der Waals surface area contributed by atoms with Crippen molar-refractivity contribution < 1.29 is 14.3 Å². The zero-order chi connectivity index (χ0) is 13.0. The largest absolute Gasteiger partial charge is 0.412 e. The van der Waals surface area contributed by atoms with Gasteiger partial charge in [0.15, 0.2) is 0 Å². The van der Waals surface area contributed by atoms with Crippen molar-refractivity contribution in [3.05, 3.63) is 33.8 Å². The molecule has 4 N–H and O–H groups in total. The van der Waals surface area contributed by atoms with Crippen molar-refractivity contribution in [2.24, 2.45) is 11.5 Å². The fourth-order valence-electron chi connectivity index (χ4n) is 1.18. The number of hydrogen-bond donors (Lipinski definition) is 2. The molecule has 0 heterocycles. The Hall–Kier alpha value is -1.30. The van der Waals surface area contributed by atoms with Crippen molar-refractivity contribution in [3.63, 3.8) is 0 Å². The van der Waals surface area contributed by atoms with E-state index in [1.165, 1.54) is 0 Å². The molecule has 92 valence electrons. The molecule has 1 rings (SSSR count). The van der Waals surface area contributed by atoms with Gasteiger partial charge in [0.05, 0.1) is 10.0 Å². The van der Waals surface area contributed by atoms with Crippen LogP contribution in [0.5, 0.6) is 0 Å². The molecule has 0 unspecified atom stereocenters. The summed E-state index contributed by atoms with van der Waals surface area (Å²) in [5, 5.41) is 0.767. The molecule has 1 amide bonds. The van der Waals surface area contributed by atoms with Crippen LogP contribution in [-0.4, -0.2) is 18.1 Å². The van der Waals surface area contributed by atoms with Crippen LogP contribution in [0.4, 0.5) is 4.79 Å². The standard InChI is InChI=1S/C10H10Cl2N2O3/c11-6-2-1-5(3-7(6)12)4-8(13)9(15)17-10(14)16/h1-3,8H,4,13H2,(H2,14,16)/t8-/m0/s1. The fourth-order valence-corrected chi connectivity index (χ4v) is 1.50. The van der Waals surface area contributed by atoms with Gasteiger partial charge in [-0.25, -0.2) is 9.59 Å². The molecule has 5 nitrogen and oxygen atoms in total. The van der Waals surface area contributed by atoms with Crippen LogP contribution in [0.2, 0.25) is 10.0 Å². The van der Waals surface area contributed by atoms with Gasteiger partial charge in [-0.15, -0.1) is 0 Å². The number of nitrogens with two attached hydrogens (primary N) is 2. The first-order chi connectivity index (χ1) is 7.90. The number of primary amides is 1. The van der Waals surface area contributed by atoms with E-state index in [0.717, 1.165) is 0 Å². The minimum atomic E-state index is -1.18. The Balaban J connectivity index is 2.67. The number of amides is 1. The Morgan fingerprint density at radius 2 is 1.94 bits per heavy atom. The summed E-state index contributed by atoms with van der Waals surface area (Å²) < 4.78 is 4.15. The lowest BCUT2D eigenvalue weighted by molar-refractivity contribution is -0.138. The van der Waals surface area contributed by atoms with E-state index < -0.39 is 18.1 Å². The van der Waals surface area contributed by atoms with Crippen LogP contribution in [0.1, 0.15) is 5.56 Å². The maximum atomic E-state index is 11.2. The lowest BCUT2D eigenvalue weighted by atomic mass is 10.1. The maximum absolute atomic E-state index is 11.2. The summed E-state index contributed by atoms with van der Waals surface area (Å²) in [5.41, 5.74) is 10.9. The van der Waals surface area contributed by atoms with E-state index in [2.05, 4.69) is 4.74 Å². The Labute approximate surface area is 108 Å². The van der Waals surface area contributed by atoms with Gasteiger partial charge in [0, 0.05) is 0 Å². The second kappa shape index (κ2) is 5.86. The van der Waals surface area contributed by atoms with E-state index in [-0.39, 0.29) is 6.42 Å². The molecule has 0 bridgehead atoms. The zero-order valence-electron chi connectivity index (χ0n) is 8.65. The van der Waals surface area contributed by atoms with Crippen LogP contribution in [-0.2, 0) is 16.0 Å². The van der Waals surface area contributed by atoms with E-state index in [1.54, 1.807) is 18.2 Å². The quantitative estimate of drug-likeness (QED) is 0.646. The molecule has 0 aromatic heterocycles. The zero-order valence-corrected chi connectivity index (χ0v) is 10.2. The van der Waals surface area contributed by atoms with Gasteiger partial charge >= 0.3 is 12.1 Å². The number of esters is 1. The summed E-state index contributed by atoms with van der Waals surface area (Å²) in [6, 6.07) is 3.86. The number of ether oxygens (including phenoxy) is 1. The number of carbonyl (C=O) groups is 2. The van der Waals surface area contributed by atoms with Gasteiger partial charge < -0.3 is 16.2 Å². The minimum absolute atomic E-state index is 0.170. The third-order valence-electron chi connectivity index (χ3n) is 1.94. The summed E-state index contributed by atoms with van der Waals surface area (Å²) in [6.45, 7) is 0. The molecular formula is C10H10Cl2N2O3. The van der Waals surface area contributed by atoms with E-state index in [0.29, 0.717) is 15.6 Å². The van der Waals surface area contributed by atoms with Crippen LogP contribution in [0.15, 0.2) is 18.2 Å². The molecule has 1 aromatic carbocycles. The molecule has 0 aliphatic heterocycles. The van der Waals surface area contributed by atoms with Crippen molar-refractivity contribution in [1.29, 1.82) is 0 Å². The number of rotatable bonds is 3. The van der Waals surface area contributed by atoms with Crippen LogP contribution in [0.25, 0.3) is 0 Å². The number of carbonyl (C=O) groups excluding carboxylic acids is 2. The average Bonchev–Trinajstić information content (AvgIpc) is 2.22. The van der Waals surface area contributed by atoms with Crippen molar-refractivity contribution in [2.75, 3.05) is 0 Å². The van der Waals surface area contributed by atoms with E-state index in [4.69, 9.17) is 34.7 Å². The van der Waals surface area contributed by atoms with Crippen molar-refractivity contribution >= 4 is 35.3 Å². The normalized spacial score (nSPS) is 11.9. The predicted molar refractivity (Wildman–Crippen MR) is 63.8 cm³/mol. The Morgan fingerprint density at radius 1 is 1.29 bits per heavy atom. The highest BCUT2D eigenvalue weighted by molar-refractivity contribution is 6.42. The van der Waals surface area contributed by atoms with Gasteiger partial charge in [0.25, 0.3) is 0 Å². The van der Waals surface area contributed by atoms with Gasteiger partial charge in [0.1, 0.15) is 6.04 Å². The molecule has 7 heteroatoms. The topological polar surface area (TPSA) is 95.4 Å². The van der Waals surface area contributed by atoms with Crippen molar-refractivity contribution in [3.8, 4) is 0 Å². The smallest absolute Gasteiger partial charge is 0.375 e. The minimum Gasteiger partial charge on any atom is -0.375 e. The monoisotopic (exact) mass is 276 g/mol. The summed E-state index contributed by atoms with van der Waals surface area (Å²) in [6.07, 6.45) is -1.01. The lowest BCUT2D eigenvalue weighted by Crippen LogP contribution is -2.36. The van der Waals surface area contributed by atoms with Gasteiger partial charge in [-0.1, -0.05) is 29.3 Å². The number of benzene rings is 1. The summed E-state index contributed by atoms with van der Waals surface area (Å²) in [4.78, 5) is 21.6. The molecule has 0 aliphatic rings. The number of hydrogen-bond acceptors (Lipinski definition) is 4. The Morgan fingerprint density at radius 3 is 2.47 bits per heavy atom. The lowest BCUT2D eigenvalue weighted by Gasteiger charge is -2.09. The first kappa shape index (κ1) is 13.8. The van der Waals surface area contributed by atoms with Crippen LogP contribution >= 0.6 is 23.2 Å². The van der Waals surface area contributed by atoms with Crippen LogP contribution in [0, 0.1) is 0 Å². The molecule has 1 atom stereocenters.